The summed E-state index contributed by atoms with van der Waals surface area (Å²) in [5.74, 6) is 2.07. The molecule has 0 saturated carbocycles. The molecule has 2 amide bonds. The number of benzene rings is 2. The van der Waals surface area contributed by atoms with Crippen molar-refractivity contribution in [2.45, 2.75) is 32.6 Å². The van der Waals surface area contributed by atoms with Gasteiger partial charge in [-0.05, 0) is 66.6 Å². The van der Waals surface area contributed by atoms with Crippen molar-refractivity contribution in [2.24, 2.45) is 0 Å². The fourth-order valence-electron chi connectivity index (χ4n) is 4.00. The van der Waals surface area contributed by atoms with Crippen LogP contribution in [0.25, 0.3) is 0 Å². The maximum absolute atomic E-state index is 12.6. The Morgan fingerprint density at radius 3 is 2.61 bits per heavy atom. The molecule has 0 atom stereocenters. The van der Waals surface area contributed by atoms with Crippen LogP contribution < -0.4 is 5.32 Å². The highest BCUT2D eigenvalue weighted by atomic mass is 32.2. The lowest BCUT2D eigenvalue weighted by Crippen LogP contribution is -2.37. The summed E-state index contributed by atoms with van der Waals surface area (Å²) in [6.07, 6.45) is 3.86. The van der Waals surface area contributed by atoms with E-state index in [0.29, 0.717) is 12.0 Å². The summed E-state index contributed by atoms with van der Waals surface area (Å²) in [6, 6.07) is 12.0. The van der Waals surface area contributed by atoms with Crippen molar-refractivity contribution >= 4 is 29.3 Å². The minimum Gasteiger partial charge on any atom is -0.337 e. The molecule has 146 valence electrons. The number of hydrogen-bond acceptors (Lipinski definition) is 3. The van der Waals surface area contributed by atoms with Crippen molar-refractivity contribution < 1.29 is 9.59 Å². The fraction of sp³-hybridized carbons (Fsp3) is 0.391. The summed E-state index contributed by atoms with van der Waals surface area (Å²) >= 11 is 1.89. The van der Waals surface area contributed by atoms with E-state index < -0.39 is 0 Å². The molecule has 2 aromatic carbocycles. The molecule has 0 unspecified atom stereocenters. The summed E-state index contributed by atoms with van der Waals surface area (Å²) in [5, 5.41) is 3.00. The highest BCUT2D eigenvalue weighted by Gasteiger charge is 2.19. The Balaban J connectivity index is 1.40. The minimum absolute atomic E-state index is 0.0202. The SMILES string of the molecule is Cc1cc(C(=O)N2CCSCC2)ccc1NC(=O)Cc1ccc2c(c1)CCC2. The highest BCUT2D eigenvalue weighted by molar-refractivity contribution is 7.99. The molecule has 28 heavy (non-hydrogen) atoms. The van der Waals surface area contributed by atoms with Crippen LogP contribution in [0.3, 0.4) is 0 Å². The molecule has 1 saturated heterocycles. The van der Waals surface area contributed by atoms with E-state index >= 15 is 0 Å². The zero-order valence-corrected chi connectivity index (χ0v) is 17.1. The van der Waals surface area contributed by atoms with Crippen molar-refractivity contribution in [3.8, 4) is 0 Å². The van der Waals surface area contributed by atoms with E-state index in [1.54, 1.807) is 0 Å². The van der Waals surface area contributed by atoms with Gasteiger partial charge in [0.2, 0.25) is 5.91 Å². The molecule has 4 nitrogen and oxygen atoms in total. The second-order valence-electron chi connectivity index (χ2n) is 7.62. The number of fused-ring (bicyclic) bond motifs is 1. The van der Waals surface area contributed by atoms with Gasteiger partial charge in [-0.1, -0.05) is 18.2 Å². The van der Waals surface area contributed by atoms with Crippen molar-refractivity contribution in [1.29, 1.82) is 0 Å². The van der Waals surface area contributed by atoms with Gasteiger partial charge in [0.05, 0.1) is 6.42 Å². The Kier molecular flexibility index (Phi) is 5.72. The predicted octanol–water partition coefficient (Wildman–Crippen LogP) is 3.85. The van der Waals surface area contributed by atoms with Gasteiger partial charge in [-0.15, -0.1) is 0 Å². The monoisotopic (exact) mass is 394 g/mol. The molecule has 1 heterocycles. The molecule has 1 N–H and O–H groups in total. The average molecular weight is 395 g/mol. The first-order valence-electron chi connectivity index (χ1n) is 9.98. The van der Waals surface area contributed by atoms with Gasteiger partial charge >= 0.3 is 0 Å². The average Bonchev–Trinajstić information content (AvgIpc) is 3.17. The second kappa shape index (κ2) is 8.39. The van der Waals surface area contributed by atoms with Crippen LogP contribution in [0.5, 0.6) is 0 Å². The van der Waals surface area contributed by atoms with Gasteiger partial charge in [0, 0.05) is 35.8 Å². The van der Waals surface area contributed by atoms with Crippen molar-refractivity contribution in [2.75, 3.05) is 29.9 Å². The fourth-order valence-corrected chi connectivity index (χ4v) is 4.90. The Morgan fingerprint density at radius 2 is 1.82 bits per heavy atom. The first-order valence-corrected chi connectivity index (χ1v) is 11.1. The molecular weight excluding hydrogens is 368 g/mol. The lowest BCUT2D eigenvalue weighted by molar-refractivity contribution is -0.115. The van der Waals surface area contributed by atoms with E-state index in [-0.39, 0.29) is 11.8 Å². The Bertz CT molecular complexity index is 903. The first-order chi connectivity index (χ1) is 13.6. The van der Waals surface area contributed by atoms with Gasteiger partial charge in [0.1, 0.15) is 0 Å². The number of carbonyl (C=O) groups is 2. The summed E-state index contributed by atoms with van der Waals surface area (Å²) in [6.45, 7) is 3.55. The Hall–Kier alpha value is -2.27. The number of nitrogens with zero attached hydrogens (tertiary/aromatic N) is 1. The number of amides is 2. The quantitative estimate of drug-likeness (QED) is 0.857. The second-order valence-corrected chi connectivity index (χ2v) is 8.84. The lowest BCUT2D eigenvalue weighted by atomic mass is 10.0. The first kappa shape index (κ1) is 19.1. The molecular formula is C23H26N2O2S. The highest BCUT2D eigenvalue weighted by Crippen LogP contribution is 2.24. The van der Waals surface area contributed by atoms with Crippen LogP contribution in [0.15, 0.2) is 36.4 Å². The third-order valence-electron chi connectivity index (χ3n) is 5.57. The maximum Gasteiger partial charge on any atom is 0.253 e. The molecule has 0 spiro atoms. The molecule has 1 fully saturated rings. The van der Waals surface area contributed by atoms with Crippen molar-refractivity contribution in [3.05, 3.63) is 64.2 Å². The van der Waals surface area contributed by atoms with Gasteiger partial charge < -0.3 is 10.2 Å². The largest absolute Gasteiger partial charge is 0.337 e. The van der Waals surface area contributed by atoms with Gasteiger partial charge in [-0.3, -0.25) is 9.59 Å². The zero-order chi connectivity index (χ0) is 19.5. The molecule has 0 radical (unpaired) electrons. The Labute approximate surface area is 170 Å². The number of carbonyl (C=O) groups excluding carboxylic acids is 2. The van der Waals surface area contributed by atoms with Crippen LogP contribution in [0.4, 0.5) is 5.69 Å². The van der Waals surface area contributed by atoms with E-state index in [9.17, 15) is 9.59 Å². The third kappa shape index (κ3) is 4.25. The zero-order valence-electron chi connectivity index (χ0n) is 16.3. The molecule has 1 aliphatic carbocycles. The summed E-state index contributed by atoms with van der Waals surface area (Å²) in [4.78, 5) is 27.1. The van der Waals surface area contributed by atoms with Crippen LogP contribution in [-0.2, 0) is 24.1 Å². The van der Waals surface area contributed by atoms with Crippen LogP contribution in [-0.4, -0.2) is 41.3 Å². The summed E-state index contributed by atoms with van der Waals surface area (Å²) < 4.78 is 0. The van der Waals surface area contributed by atoms with Gasteiger partial charge in [-0.2, -0.15) is 11.8 Å². The van der Waals surface area contributed by atoms with Crippen molar-refractivity contribution in [1.82, 2.24) is 4.90 Å². The van der Waals surface area contributed by atoms with Crippen molar-refractivity contribution in [3.63, 3.8) is 0 Å². The molecule has 2 aliphatic rings. The standard InChI is InChI=1S/C23H26N2O2S/c1-16-13-20(23(27)25-9-11-28-12-10-25)7-8-21(16)24-22(26)15-17-5-6-18-3-2-4-19(18)14-17/h5-8,13-14H,2-4,9-12,15H2,1H3,(H,24,26). The van der Waals surface area contributed by atoms with Crippen LogP contribution in [0.1, 0.15) is 39.0 Å². The minimum atomic E-state index is -0.0202. The maximum atomic E-state index is 12.6. The van der Waals surface area contributed by atoms with E-state index in [1.165, 1.54) is 17.5 Å². The van der Waals surface area contributed by atoms with Gasteiger partial charge in [0.25, 0.3) is 5.91 Å². The Morgan fingerprint density at radius 1 is 1.04 bits per heavy atom. The molecule has 2 aromatic rings. The summed E-state index contributed by atoms with van der Waals surface area (Å²) in [7, 11) is 0. The molecule has 4 rings (SSSR count). The molecule has 1 aliphatic heterocycles. The van der Waals surface area contributed by atoms with E-state index in [2.05, 4.69) is 23.5 Å². The van der Waals surface area contributed by atoms with E-state index in [1.807, 2.05) is 41.8 Å². The van der Waals surface area contributed by atoms with Gasteiger partial charge in [0.15, 0.2) is 0 Å². The predicted molar refractivity (Wildman–Crippen MR) is 115 cm³/mol. The number of anilines is 1. The number of nitrogens with one attached hydrogen (secondary N) is 1. The number of aryl methyl sites for hydroxylation is 3. The normalized spacial score (nSPS) is 16.0. The molecule has 0 aromatic heterocycles. The van der Waals surface area contributed by atoms with E-state index in [0.717, 1.165) is 54.3 Å². The molecule has 0 bridgehead atoms. The molecule has 5 heteroatoms. The van der Waals surface area contributed by atoms with E-state index in [4.69, 9.17) is 0 Å². The number of hydrogen-bond donors (Lipinski definition) is 1. The number of rotatable bonds is 4. The smallest absolute Gasteiger partial charge is 0.253 e. The van der Waals surface area contributed by atoms with Crippen LogP contribution in [0, 0.1) is 6.92 Å². The summed E-state index contributed by atoms with van der Waals surface area (Å²) in [5.41, 5.74) is 6.26. The van der Waals surface area contributed by atoms with Crippen LogP contribution >= 0.6 is 11.8 Å². The number of thioether (sulfide) groups is 1. The van der Waals surface area contributed by atoms with Gasteiger partial charge in [-0.25, -0.2) is 0 Å². The third-order valence-corrected chi connectivity index (χ3v) is 6.52. The topological polar surface area (TPSA) is 49.4 Å². The lowest BCUT2D eigenvalue weighted by Gasteiger charge is -2.26. The van der Waals surface area contributed by atoms with Crippen LogP contribution in [0.2, 0.25) is 0 Å².